The molecule has 2 nitrogen and oxygen atoms in total. The van der Waals surface area contributed by atoms with E-state index in [9.17, 15) is 0 Å². The number of rotatable bonds is 6. The van der Waals surface area contributed by atoms with Crippen LogP contribution in [0.5, 0.6) is 0 Å². The Bertz CT molecular complexity index is 422. The summed E-state index contributed by atoms with van der Waals surface area (Å²) in [5.74, 6) is 2.20. The van der Waals surface area contributed by atoms with Crippen LogP contribution < -0.4 is 0 Å². The van der Waals surface area contributed by atoms with Crippen molar-refractivity contribution in [2.75, 3.05) is 38.2 Å². The molecule has 0 aliphatic carbocycles. The minimum Gasteiger partial charge on any atom is -0.301 e. The fraction of sp³-hybridized carbons (Fsp3) is 0.667. The molecule has 0 N–H and O–H groups in total. The van der Waals surface area contributed by atoms with Gasteiger partial charge in [-0.1, -0.05) is 30.3 Å². The summed E-state index contributed by atoms with van der Waals surface area (Å²) in [5.41, 5.74) is 1.47. The van der Waals surface area contributed by atoms with Crippen LogP contribution in [0.3, 0.4) is 0 Å². The summed E-state index contributed by atoms with van der Waals surface area (Å²) in [6.45, 7) is 6.36. The second-order valence-corrected chi connectivity index (χ2v) is 7.60. The fourth-order valence-corrected chi connectivity index (χ4v) is 4.32. The summed E-state index contributed by atoms with van der Waals surface area (Å²) >= 11 is 1.98. The highest BCUT2D eigenvalue weighted by molar-refractivity contribution is 7.98. The maximum absolute atomic E-state index is 2.75. The fourth-order valence-electron chi connectivity index (χ4n) is 3.90. The summed E-state index contributed by atoms with van der Waals surface area (Å²) in [7, 11) is 0. The Kier molecular flexibility index (Phi) is 5.61. The van der Waals surface area contributed by atoms with Gasteiger partial charge in [-0.3, -0.25) is 4.90 Å². The van der Waals surface area contributed by atoms with Gasteiger partial charge in [0.2, 0.25) is 0 Å². The first-order valence-electron chi connectivity index (χ1n) is 8.34. The number of thioether (sulfide) groups is 1. The zero-order valence-corrected chi connectivity index (χ0v) is 14.0. The van der Waals surface area contributed by atoms with E-state index in [1.165, 1.54) is 56.8 Å². The summed E-state index contributed by atoms with van der Waals surface area (Å²) in [6.07, 6.45) is 6.40. The van der Waals surface area contributed by atoms with Crippen molar-refractivity contribution in [3.8, 4) is 0 Å². The number of benzene rings is 1. The van der Waals surface area contributed by atoms with Crippen molar-refractivity contribution in [2.45, 2.75) is 31.8 Å². The molecule has 0 unspecified atom stereocenters. The molecule has 3 aliphatic heterocycles. The zero-order chi connectivity index (χ0) is 14.5. The topological polar surface area (TPSA) is 6.48 Å². The predicted octanol–water partition coefficient (Wildman–Crippen LogP) is 3.34. The van der Waals surface area contributed by atoms with E-state index in [1.807, 2.05) is 11.8 Å². The standard InChI is InChI=1S/C18H28N2S/c1-21-11-5-10-19-12-17-8-9-18(15-19)20(14-17)13-16-6-3-2-4-7-16/h2-4,6-7,17-18H,5,8-15H2,1H3/t17-,18+/m0/s1. The average molecular weight is 305 g/mol. The highest BCUT2D eigenvalue weighted by Crippen LogP contribution is 2.29. The van der Waals surface area contributed by atoms with E-state index >= 15 is 0 Å². The predicted molar refractivity (Wildman–Crippen MR) is 92.8 cm³/mol. The first-order chi connectivity index (χ1) is 10.3. The minimum atomic E-state index is 0.776. The van der Waals surface area contributed by atoms with E-state index in [4.69, 9.17) is 0 Å². The molecule has 4 rings (SSSR count). The van der Waals surface area contributed by atoms with Crippen molar-refractivity contribution in [1.29, 1.82) is 0 Å². The van der Waals surface area contributed by atoms with Crippen LogP contribution in [0.25, 0.3) is 0 Å². The van der Waals surface area contributed by atoms with Gasteiger partial charge in [0.05, 0.1) is 0 Å². The van der Waals surface area contributed by atoms with Crippen LogP contribution in [0, 0.1) is 5.92 Å². The van der Waals surface area contributed by atoms with Crippen LogP contribution in [0.1, 0.15) is 24.8 Å². The average Bonchev–Trinajstić information content (AvgIpc) is 2.79. The largest absolute Gasteiger partial charge is 0.301 e. The van der Waals surface area contributed by atoms with E-state index in [2.05, 4.69) is 46.4 Å². The van der Waals surface area contributed by atoms with Gasteiger partial charge in [-0.05, 0) is 49.3 Å². The number of nitrogens with zero attached hydrogens (tertiary/aromatic N) is 2. The lowest BCUT2D eigenvalue weighted by Gasteiger charge is -2.36. The molecule has 3 fully saturated rings. The van der Waals surface area contributed by atoms with Gasteiger partial charge in [-0.25, -0.2) is 0 Å². The third-order valence-corrected chi connectivity index (χ3v) is 5.65. The van der Waals surface area contributed by atoms with Crippen molar-refractivity contribution in [3.63, 3.8) is 0 Å². The number of piperidine rings is 1. The molecule has 0 saturated carbocycles. The molecule has 0 amide bonds. The molecule has 0 radical (unpaired) electrons. The maximum atomic E-state index is 2.75. The van der Waals surface area contributed by atoms with Gasteiger partial charge in [0.1, 0.15) is 0 Å². The SMILES string of the molecule is CSCCCN1C[C@@H]2CC[C@H](C1)N(Cc1ccccc1)C2. The van der Waals surface area contributed by atoms with Gasteiger partial charge in [0.15, 0.2) is 0 Å². The molecule has 3 heterocycles. The van der Waals surface area contributed by atoms with E-state index in [0.717, 1.165) is 18.5 Å². The maximum Gasteiger partial charge on any atom is 0.0237 e. The molecule has 1 aromatic carbocycles. The molecule has 1 aromatic rings. The quantitative estimate of drug-likeness (QED) is 0.744. The minimum absolute atomic E-state index is 0.776. The van der Waals surface area contributed by atoms with Crippen LogP contribution in [0.2, 0.25) is 0 Å². The van der Waals surface area contributed by atoms with Crippen molar-refractivity contribution >= 4 is 11.8 Å². The van der Waals surface area contributed by atoms with E-state index in [1.54, 1.807) is 0 Å². The molecule has 3 heteroatoms. The van der Waals surface area contributed by atoms with Gasteiger partial charge in [-0.15, -0.1) is 0 Å². The molecule has 0 spiro atoms. The second-order valence-electron chi connectivity index (χ2n) is 6.62. The van der Waals surface area contributed by atoms with Gasteiger partial charge in [-0.2, -0.15) is 11.8 Å². The first kappa shape index (κ1) is 15.4. The summed E-state index contributed by atoms with van der Waals surface area (Å²) in [6, 6.07) is 11.8. The van der Waals surface area contributed by atoms with Crippen LogP contribution in [0.15, 0.2) is 30.3 Å². The van der Waals surface area contributed by atoms with Gasteiger partial charge >= 0.3 is 0 Å². The molecular formula is C18H28N2S. The highest BCUT2D eigenvalue weighted by Gasteiger charge is 2.34. The van der Waals surface area contributed by atoms with Crippen LogP contribution in [-0.4, -0.2) is 54.0 Å². The van der Waals surface area contributed by atoms with Crippen molar-refractivity contribution < 1.29 is 0 Å². The lowest BCUT2D eigenvalue weighted by Crippen LogP contribution is -2.43. The Morgan fingerprint density at radius 3 is 2.76 bits per heavy atom. The molecule has 21 heavy (non-hydrogen) atoms. The van der Waals surface area contributed by atoms with Gasteiger partial charge in [0.25, 0.3) is 0 Å². The zero-order valence-electron chi connectivity index (χ0n) is 13.2. The molecule has 2 atom stereocenters. The Balaban J connectivity index is 1.58. The first-order valence-corrected chi connectivity index (χ1v) is 9.74. The number of hydrogen-bond donors (Lipinski definition) is 0. The van der Waals surface area contributed by atoms with Crippen LogP contribution in [0.4, 0.5) is 0 Å². The third kappa shape index (κ3) is 4.24. The van der Waals surface area contributed by atoms with E-state index < -0.39 is 0 Å². The molecule has 3 aliphatic rings. The van der Waals surface area contributed by atoms with Gasteiger partial charge in [0, 0.05) is 32.2 Å². The Morgan fingerprint density at radius 2 is 1.95 bits per heavy atom. The summed E-state index contributed by atoms with van der Waals surface area (Å²) < 4.78 is 0. The van der Waals surface area contributed by atoms with Crippen LogP contribution in [-0.2, 0) is 6.54 Å². The van der Waals surface area contributed by atoms with Crippen LogP contribution >= 0.6 is 11.8 Å². The smallest absolute Gasteiger partial charge is 0.0237 e. The Labute approximate surface area is 133 Å². The highest BCUT2D eigenvalue weighted by atomic mass is 32.2. The number of hydrogen-bond acceptors (Lipinski definition) is 3. The molecule has 0 aromatic heterocycles. The van der Waals surface area contributed by atoms with Gasteiger partial charge < -0.3 is 4.90 Å². The lowest BCUT2D eigenvalue weighted by atomic mass is 9.94. The third-order valence-electron chi connectivity index (χ3n) is 4.95. The van der Waals surface area contributed by atoms with E-state index in [-0.39, 0.29) is 0 Å². The molecule has 2 bridgehead atoms. The molecular weight excluding hydrogens is 276 g/mol. The van der Waals surface area contributed by atoms with Crippen molar-refractivity contribution in [1.82, 2.24) is 9.80 Å². The molecule has 116 valence electrons. The van der Waals surface area contributed by atoms with E-state index in [0.29, 0.717) is 0 Å². The summed E-state index contributed by atoms with van der Waals surface area (Å²) in [5, 5.41) is 0. The Morgan fingerprint density at radius 1 is 1.10 bits per heavy atom. The lowest BCUT2D eigenvalue weighted by molar-refractivity contribution is 0.123. The normalized spacial score (nSPS) is 26.9. The second kappa shape index (κ2) is 7.66. The van der Waals surface area contributed by atoms with Crippen molar-refractivity contribution in [3.05, 3.63) is 35.9 Å². The number of fused-ring (bicyclic) bond motifs is 4. The monoisotopic (exact) mass is 304 g/mol. The van der Waals surface area contributed by atoms with Crippen molar-refractivity contribution in [2.24, 2.45) is 5.92 Å². The Hall–Kier alpha value is -0.510. The summed E-state index contributed by atoms with van der Waals surface area (Å²) in [4.78, 5) is 5.49. The molecule has 3 saturated heterocycles.